The van der Waals surface area contributed by atoms with E-state index in [1.54, 1.807) is 17.5 Å². The van der Waals surface area contributed by atoms with Gasteiger partial charge < -0.3 is 0 Å². The molecule has 4 heterocycles. The van der Waals surface area contributed by atoms with Crippen molar-refractivity contribution in [2.75, 3.05) is 0 Å². The van der Waals surface area contributed by atoms with Crippen LogP contribution in [0.3, 0.4) is 0 Å². The lowest BCUT2D eigenvalue weighted by molar-refractivity contribution is 0.638. The van der Waals surface area contributed by atoms with Crippen molar-refractivity contribution in [1.82, 2.24) is 19.6 Å². The Hall–Kier alpha value is -3.04. The van der Waals surface area contributed by atoms with Crippen molar-refractivity contribution >= 4 is 17.0 Å². The van der Waals surface area contributed by atoms with Crippen LogP contribution in [0.4, 0.5) is 0 Å². The smallest absolute Gasteiger partial charge is 0.158 e. The van der Waals surface area contributed by atoms with Crippen LogP contribution in [0, 0.1) is 25.2 Å². The van der Waals surface area contributed by atoms with Crippen molar-refractivity contribution in [1.29, 1.82) is 5.26 Å². The Balaban J connectivity index is 1.97. The number of nitrogens with zero attached hydrogens (tertiary/aromatic N) is 5. The molecule has 0 aromatic carbocycles. The van der Waals surface area contributed by atoms with Gasteiger partial charge in [-0.3, -0.25) is 4.98 Å². The Bertz CT molecular complexity index is 1210. The average molecular weight is 402 g/mol. The molecule has 0 aliphatic heterocycles. The SMILES string of the molecule is CCC(CC)c1cc(C)nn2c(-c3sc(-c4cccnc4)cc3C#N)c(C)nc12. The molecule has 0 spiro atoms. The summed E-state index contributed by atoms with van der Waals surface area (Å²) in [6.07, 6.45) is 5.70. The molecule has 4 aromatic rings. The lowest BCUT2D eigenvalue weighted by atomic mass is 9.95. The van der Waals surface area contributed by atoms with Crippen LogP contribution in [-0.4, -0.2) is 19.6 Å². The molecular formula is C23H23N5S. The molecule has 29 heavy (non-hydrogen) atoms. The number of aromatic nitrogens is 4. The summed E-state index contributed by atoms with van der Waals surface area (Å²) in [5, 5.41) is 14.6. The number of imidazole rings is 1. The van der Waals surface area contributed by atoms with Crippen molar-refractivity contribution in [3.8, 4) is 27.1 Å². The van der Waals surface area contributed by atoms with E-state index in [1.165, 1.54) is 5.56 Å². The summed E-state index contributed by atoms with van der Waals surface area (Å²) < 4.78 is 1.94. The fourth-order valence-electron chi connectivity index (χ4n) is 3.87. The van der Waals surface area contributed by atoms with E-state index >= 15 is 0 Å². The molecule has 0 aliphatic carbocycles. The predicted octanol–water partition coefficient (Wildman–Crippen LogP) is 5.91. The van der Waals surface area contributed by atoms with Crippen LogP contribution >= 0.6 is 11.3 Å². The van der Waals surface area contributed by atoms with Crippen molar-refractivity contribution < 1.29 is 0 Å². The summed E-state index contributed by atoms with van der Waals surface area (Å²) in [6, 6.07) is 10.4. The Morgan fingerprint density at radius 1 is 1.21 bits per heavy atom. The number of hydrogen-bond acceptors (Lipinski definition) is 5. The number of nitriles is 1. The molecule has 0 aliphatic rings. The van der Waals surface area contributed by atoms with Gasteiger partial charge in [-0.1, -0.05) is 19.9 Å². The van der Waals surface area contributed by atoms with E-state index < -0.39 is 0 Å². The summed E-state index contributed by atoms with van der Waals surface area (Å²) in [6.45, 7) is 8.44. The van der Waals surface area contributed by atoms with Crippen LogP contribution in [-0.2, 0) is 0 Å². The zero-order valence-corrected chi connectivity index (χ0v) is 17.9. The van der Waals surface area contributed by atoms with Gasteiger partial charge in [-0.2, -0.15) is 10.4 Å². The highest BCUT2D eigenvalue weighted by molar-refractivity contribution is 7.19. The van der Waals surface area contributed by atoms with Gasteiger partial charge in [0.2, 0.25) is 0 Å². The van der Waals surface area contributed by atoms with E-state index in [4.69, 9.17) is 10.1 Å². The molecule has 4 aromatic heterocycles. The number of rotatable bonds is 5. The van der Waals surface area contributed by atoms with Crippen LogP contribution in [0.1, 0.15) is 55.1 Å². The zero-order chi connectivity index (χ0) is 20.5. The largest absolute Gasteiger partial charge is 0.264 e. The van der Waals surface area contributed by atoms with E-state index in [0.717, 1.165) is 50.9 Å². The summed E-state index contributed by atoms with van der Waals surface area (Å²) >= 11 is 1.59. The Morgan fingerprint density at radius 2 is 2.00 bits per heavy atom. The maximum absolute atomic E-state index is 9.80. The quantitative estimate of drug-likeness (QED) is 0.417. The summed E-state index contributed by atoms with van der Waals surface area (Å²) in [5.74, 6) is 0.443. The van der Waals surface area contributed by atoms with E-state index in [-0.39, 0.29) is 0 Å². The first kappa shape index (κ1) is 19.3. The van der Waals surface area contributed by atoms with Gasteiger partial charge in [-0.25, -0.2) is 9.50 Å². The minimum absolute atomic E-state index is 0.443. The molecule has 0 unspecified atom stereocenters. The van der Waals surface area contributed by atoms with Crippen molar-refractivity contribution in [3.63, 3.8) is 0 Å². The van der Waals surface area contributed by atoms with Crippen LogP contribution in [0.25, 0.3) is 26.7 Å². The van der Waals surface area contributed by atoms with Gasteiger partial charge in [0.15, 0.2) is 5.65 Å². The Labute approximate surface area is 174 Å². The average Bonchev–Trinajstić information content (AvgIpc) is 3.29. The van der Waals surface area contributed by atoms with Gasteiger partial charge >= 0.3 is 0 Å². The molecule has 0 amide bonds. The van der Waals surface area contributed by atoms with Gasteiger partial charge in [-0.05, 0) is 50.8 Å². The molecule has 0 bridgehead atoms. The van der Waals surface area contributed by atoms with Gasteiger partial charge in [-0.15, -0.1) is 11.3 Å². The molecule has 5 nitrogen and oxygen atoms in total. The summed E-state index contributed by atoms with van der Waals surface area (Å²) in [4.78, 5) is 11.0. The highest BCUT2D eigenvalue weighted by Crippen LogP contribution is 2.40. The first-order valence-electron chi connectivity index (χ1n) is 9.88. The third kappa shape index (κ3) is 3.32. The highest BCUT2D eigenvalue weighted by atomic mass is 32.1. The van der Waals surface area contributed by atoms with E-state index in [9.17, 15) is 5.26 Å². The minimum atomic E-state index is 0.443. The van der Waals surface area contributed by atoms with E-state index in [2.05, 4.69) is 31.0 Å². The molecule has 0 fully saturated rings. The lowest BCUT2D eigenvalue weighted by Gasteiger charge is -2.14. The Morgan fingerprint density at radius 3 is 2.66 bits per heavy atom. The molecule has 0 N–H and O–H groups in total. The third-order valence-electron chi connectivity index (χ3n) is 5.35. The molecular weight excluding hydrogens is 378 g/mol. The number of aryl methyl sites for hydroxylation is 2. The van der Waals surface area contributed by atoms with Crippen LogP contribution in [0.5, 0.6) is 0 Å². The topological polar surface area (TPSA) is 66.9 Å². The maximum atomic E-state index is 9.80. The number of fused-ring (bicyclic) bond motifs is 1. The van der Waals surface area contributed by atoms with E-state index in [1.807, 2.05) is 42.8 Å². The monoisotopic (exact) mass is 401 g/mol. The van der Waals surface area contributed by atoms with E-state index in [0.29, 0.717) is 11.5 Å². The predicted molar refractivity (Wildman–Crippen MR) is 117 cm³/mol. The first-order valence-corrected chi connectivity index (χ1v) is 10.7. The zero-order valence-electron chi connectivity index (χ0n) is 17.1. The second-order valence-corrected chi connectivity index (χ2v) is 8.29. The van der Waals surface area contributed by atoms with Gasteiger partial charge in [0.25, 0.3) is 0 Å². The number of hydrogen-bond donors (Lipinski definition) is 0. The van der Waals surface area contributed by atoms with Crippen LogP contribution in [0.2, 0.25) is 0 Å². The first-order chi connectivity index (χ1) is 14.1. The summed E-state index contributed by atoms with van der Waals surface area (Å²) in [5.41, 5.74) is 6.55. The molecule has 146 valence electrons. The number of pyridine rings is 1. The van der Waals surface area contributed by atoms with Crippen molar-refractivity contribution in [3.05, 3.63) is 59.2 Å². The lowest BCUT2D eigenvalue weighted by Crippen LogP contribution is -2.05. The van der Waals surface area contributed by atoms with Crippen LogP contribution < -0.4 is 0 Å². The molecule has 0 saturated carbocycles. The normalized spacial score (nSPS) is 11.3. The van der Waals surface area contributed by atoms with Crippen LogP contribution in [0.15, 0.2) is 36.7 Å². The fourth-order valence-corrected chi connectivity index (χ4v) is 5.05. The van der Waals surface area contributed by atoms with Gasteiger partial charge in [0.05, 0.1) is 21.8 Å². The highest BCUT2D eigenvalue weighted by Gasteiger charge is 2.23. The van der Waals surface area contributed by atoms with Crippen molar-refractivity contribution in [2.45, 2.75) is 46.5 Å². The summed E-state index contributed by atoms with van der Waals surface area (Å²) in [7, 11) is 0. The van der Waals surface area contributed by atoms with Crippen molar-refractivity contribution in [2.24, 2.45) is 0 Å². The molecule has 4 rings (SSSR count). The molecule has 6 heteroatoms. The Kier molecular flexibility index (Phi) is 5.16. The molecule has 0 radical (unpaired) electrons. The second-order valence-electron chi connectivity index (χ2n) is 7.24. The van der Waals surface area contributed by atoms with Gasteiger partial charge in [0.1, 0.15) is 11.8 Å². The number of thiophene rings is 1. The fraction of sp³-hybridized carbons (Fsp3) is 0.304. The minimum Gasteiger partial charge on any atom is -0.264 e. The third-order valence-corrected chi connectivity index (χ3v) is 6.54. The molecule has 0 saturated heterocycles. The molecule has 0 atom stereocenters. The van der Waals surface area contributed by atoms with Gasteiger partial charge in [0, 0.05) is 28.4 Å². The maximum Gasteiger partial charge on any atom is 0.158 e. The standard InChI is InChI=1S/C23H23N5S/c1-5-16(6-2)19-10-14(3)27-28-21(15(4)26-23(19)28)22-18(12-24)11-20(29-22)17-8-7-9-25-13-17/h7-11,13,16H,5-6H2,1-4H3. The second kappa shape index (κ2) is 7.76.